The Bertz CT molecular complexity index is 647. The van der Waals surface area contributed by atoms with Crippen LogP contribution in [0.1, 0.15) is 34.6 Å². The van der Waals surface area contributed by atoms with E-state index in [-0.39, 0.29) is 5.78 Å². The Balaban J connectivity index is 2.09. The summed E-state index contributed by atoms with van der Waals surface area (Å²) in [6.45, 7) is 0. The van der Waals surface area contributed by atoms with Crippen molar-refractivity contribution in [2.75, 3.05) is 0 Å². The van der Waals surface area contributed by atoms with Gasteiger partial charge >= 0.3 is 0 Å². The molecule has 0 bridgehead atoms. The predicted molar refractivity (Wildman–Crippen MR) is 65.5 cm³/mol. The van der Waals surface area contributed by atoms with Crippen LogP contribution in [0.3, 0.4) is 0 Å². The molecule has 2 aromatic rings. The Morgan fingerprint density at radius 2 is 2.00 bits per heavy atom. The molecule has 1 aromatic heterocycles. The molecule has 18 heavy (non-hydrogen) atoms. The number of fused-ring (bicyclic) bond motifs is 1. The van der Waals surface area contributed by atoms with Gasteiger partial charge in [-0.1, -0.05) is 0 Å². The van der Waals surface area contributed by atoms with Crippen molar-refractivity contribution in [2.45, 2.75) is 19.3 Å². The number of nitriles is 1. The molecule has 1 aliphatic carbocycles. The van der Waals surface area contributed by atoms with E-state index >= 15 is 0 Å². The third kappa shape index (κ3) is 1.61. The smallest absolute Gasteiger partial charge is 0.181 e. The highest BCUT2D eigenvalue weighted by Crippen LogP contribution is 2.23. The number of benzene rings is 1. The summed E-state index contributed by atoms with van der Waals surface area (Å²) in [5.74, 6) is 0.151. The van der Waals surface area contributed by atoms with Crippen LogP contribution >= 0.6 is 0 Å². The lowest BCUT2D eigenvalue weighted by Crippen LogP contribution is -2.14. The van der Waals surface area contributed by atoms with Crippen LogP contribution in [0.5, 0.6) is 0 Å². The number of Topliss-reactive ketones (excluding diaryl/α,β-unsaturated/α-hetero) is 1. The molecule has 0 saturated carbocycles. The maximum absolute atomic E-state index is 12.0. The lowest BCUT2D eigenvalue weighted by atomic mass is 9.99. The summed E-state index contributed by atoms with van der Waals surface area (Å²) in [4.78, 5) is 16.3. The van der Waals surface area contributed by atoms with Crippen molar-refractivity contribution in [3.05, 3.63) is 47.5 Å². The average molecular weight is 237 g/mol. The number of rotatable bonds is 1. The van der Waals surface area contributed by atoms with Gasteiger partial charge in [-0.25, -0.2) is 4.98 Å². The molecule has 0 spiro atoms. The number of aryl methyl sites for hydroxylation is 1. The van der Waals surface area contributed by atoms with E-state index in [1.165, 1.54) is 0 Å². The van der Waals surface area contributed by atoms with E-state index in [1.54, 1.807) is 18.5 Å². The Morgan fingerprint density at radius 3 is 2.72 bits per heavy atom. The van der Waals surface area contributed by atoms with Gasteiger partial charge in [0.05, 0.1) is 17.3 Å². The first kappa shape index (κ1) is 10.7. The van der Waals surface area contributed by atoms with E-state index in [4.69, 9.17) is 5.26 Å². The summed E-state index contributed by atoms with van der Waals surface area (Å²) in [5.41, 5.74) is 3.07. The highest BCUT2D eigenvalue weighted by molar-refractivity contribution is 5.97. The minimum absolute atomic E-state index is 0.151. The van der Waals surface area contributed by atoms with E-state index in [9.17, 15) is 4.79 Å². The molecule has 0 atom stereocenters. The van der Waals surface area contributed by atoms with Crippen LogP contribution in [-0.2, 0) is 6.42 Å². The standard InChI is InChI=1S/C14H11N3O/c15-8-10-4-6-11(7-5-10)17-9-16-12-2-1-3-13(18)14(12)17/h4-7,9H,1-3H2. The van der Waals surface area contributed by atoms with E-state index < -0.39 is 0 Å². The van der Waals surface area contributed by atoms with E-state index in [0.717, 1.165) is 24.2 Å². The fraction of sp³-hybridized carbons (Fsp3) is 0.214. The van der Waals surface area contributed by atoms with E-state index in [1.807, 2.05) is 16.7 Å². The maximum atomic E-state index is 12.0. The number of nitrogens with zero attached hydrogens (tertiary/aromatic N) is 3. The van der Waals surface area contributed by atoms with Crippen LogP contribution in [0, 0.1) is 11.3 Å². The Morgan fingerprint density at radius 1 is 1.22 bits per heavy atom. The first-order chi connectivity index (χ1) is 8.79. The lowest BCUT2D eigenvalue weighted by Gasteiger charge is -2.12. The van der Waals surface area contributed by atoms with Gasteiger partial charge in [0.1, 0.15) is 12.0 Å². The molecule has 1 aliphatic rings. The van der Waals surface area contributed by atoms with Crippen molar-refractivity contribution in [3.8, 4) is 11.8 Å². The molecule has 0 amide bonds. The zero-order valence-corrected chi connectivity index (χ0v) is 9.76. The molecule has 0 aliphatic heterocycles. The van der Waals surface area contributed by atoms with Gasteiger partial charge in [0.15, 0.2) is 5.78 Å². The molecule has 0 N–H and O–H groups in total. The van der Waals surface area contributed by atoms with Gasteiger partial charge in [-0.2, -0.15) is 5.26 Å². The van der Waals surface area contributed by atoms with Crippen molar-refractivity contribution in [3.63, 3.8) is 0 Å². The number of ketones is 1. The topological polar surface area (TPSA) is 58.7 Å². The second-order valence-electron chi connectivity index (χ2n) is 4.35. The molecular formula is C14H11N3O. The van der Waals surface area contributed by atoms with Crippen molar-refractivity contribution >= 4 is 5.78 Å². The zero-order chi connectivity index (χ0) is 12.5. The maximum Gasteiger partial charge on any atom is 0.181 e. The number of imidazole rings is 1. The van der Waals surface area contributed by atoms with Crippen LogP contribution in [-0.4, -0.2) is 15.3 Å². The van der Waals surface area contributed by atoms with Gasteiger partial charge in [0.25, 0.3) is 0 Å². The van der Waals surface area contributed by atoms with Crippen LogP contribution in [0.15, 0.2) is 30.6 Å². The Kier molecular flexibility index (Phi) is 2.45. The molecular weight excluding hydrogens is 226 g/mol. The second kappa shape index (κ2) is 4.11. The molecule has 0 radical (unpaired) electrons. The van der Waals surface area contributed by atoms with E-state index in [0.29, 0.717) is 17.7 Å². The lowest BCUT2D eigenvalue weighted by molar-refractivity contribution is 0.0965. The minimum atomic E-state index is 0.151. The van der Waals surface area contributed by atoms with Gasteiger partial charge in [0.2, 0.25) is 0 Å². The summed E-state index contributed by atoms with van der Waals surface area (Å²) in [6, 6.07) is 9.24. The van der Waals surface area contributed by atoms with Gasteiger partial charge in [-0.15, -0.1) is 0 Å². The highest BCUT2D eigenvalue weighted by atomic mass is 16.1. The highest BCUT2D eigenvalue weighted by Gasteiger charge is 2.23. The number of carbonyl (C=O) groups excluding carboxylic acids is 1. The molecule has 88 valence electrons. The summed E-state index contributed by atoms with van der Waals surface area (Å²) in [5, 5.41) is 8.77. The average Bonchev–Trinajstić information content (AvgIpc) is 2.84. The van der Waals surface area contributed by atoms with Crippen molar-refractivity contribution < 1.29 is 4.79 Å². The summed E-state index contributed by atoms with van der Waals surface area (Å²) >= 11 is 0. The van der Waals surface area contributed by atoms with Gasteiger partial charge < -0.3 is 0 Å². The summed E-state index contributed by atoms with van der Waals surface area (Å²) in [7, 11) is 0. The minimum Gasteiger partial charge on any atom is -0.296 e. The summed E-state index contributed by atoms with van der Waals surface area (Å²) in [6.07, 6.45) is 4.03. The second-order valence-corrected chi connectivity index (χ2v) is 4.35. The van der Waals surface area contributed by atoms with Crippen molar-refractivity contribution in [1.82, 2.24) is 9.55 Å². The molecule has 3 rings (SSSR count). The largest absolute Gasteiger partial charge is 0.296 e. The Labute approximate surface area is 105 Å². The van der Waals surface area contributed by atoms with E-state index in [2.05, 4.69) is 11.1 Å². The fourth-order valence-electron chi connectivity index (χ4n) is 2.29. The third-order valence-electron chi connectivity index (χ3n) is 3.20. The molecule has 4 heteroatoms. The zero-order valence-electron chi connectivity index (χ0n) is 9.76. The molecule has 4 nitrogen and oxygen atoms in total. The SMILES string of the molecule is N#Cc1ccc(-n2cnc3c2C(=O)CCC3)cc1. The first-order valence-electron chi connectivity index (χ1n) is 5.89. The fourth-order valence-corrected chi connectivity index (χ4v) is 2.29. The summed E-state index contributed by atoms with van der Waals surface area (Å²) < 4.78 is 1.82. The molecule has 0 saturated heterocycles. The molecule has 1 aromatic carbocycles. The molecule has 0 fully saturated rings. The molecule has 1 heterocycles. The van der Waals surface area contributed by atoms with Crippen molar-refractivity contribution in [1.29, 1.82) is 5.26 Å². The Hall–Kier alpha value is -2.41. The number of aromatic nitrogens is 2. The van der Waals surface area contributed by atoms with Crippen LogP contribution in [0.25, 0.3) is 5.69 Å². The van der Waals surface area contributed by atoms with Gasteiger partial charge in [0, 0.05) is 12.1 Å². The van der Waals surface area contributed by atoms with Gasteiger partial charge in [-0.3, -0.25) is 9.36 Å². The normalized spacial score (nSPS) is 14.1. The van der Waals surface area contributed by atoms with Crippen LogP contribution in [0.4, 0.5) is 0 Å². The van der Waals surface area contributed by atoms with Crippen LogP contribution < -0.4 is 0 Å². The number of hydrogen-bond acceptors (Lipinski definition) is 3. The number of hydrogen-bond donors (Lipinski definition) is 0. The first-order valence-corrected chi connectivity index (χ1v) is 5.89. The third-order valence-corrected chi connectivity index (χ3v) is 3.20. The quantitative estimate of drug-likeness (QED) is 0.764. The monoisotopic (exact) mass is 237 g/mol. The molecule has 0 unspecified atom stereocenters. The number of carbonyl (C=O) groups is 1. The predicted octanol–water partition coefficient (Wildman–Crippen LogP) is 2.26. The van der Waals surface area contributed by atoms with Gasteiger partial charge in [-0.05, 0) is 37.1 Å². The van der Waals surface area contributed by atoms with Crippen LogP contribution in [0.2, 0.25) is 0 Å². The van der Waals surface area contributed by atoms with Crippen molar-refractivity contribution in [2.24, 2.45) is 0 Å².